The molecule has 2 saturated heterocycles. The number of carbonyl (C=O) groups is 1. The van der Waals surface area contributed by atoms with E-state index >= 15 is 0 Å². The molecule has 2 aliphatic heterocycles. The molecule has 0 aliphatic carbocycles. The molecule has 0 unspecified atom stereocenters. The van der Waals surface area contributed by atoms with Crippen LogP contribution in [0.25, 0.3) is 0 Å². The van der Waals surface area contributed by atoms with E-state index in [0.29, 0.717) is 30.6 Å². The molecule has 0 spiro atoms. The second-order valence-electron chi connectivity index (χ2n) is 6.45. The molecule has 122 valence electrons. The lowest BCUT2D eigenvalue weighted by atomic mass is 10.0. The average molecular weight is 316 g/mol. The lowest BCUT2D eigenvalue weighted by Crippen LogP contribution is -2.32. The molecule has 23 heavy (non-hydrogen) atoms. The van der Waals surface area contributed by atoms with Crippen LogP contribution in [0.1, 0.15) is 28.6 Å². The second kappa shape index (κ2) is 5.49. The van der Waals surface area contributed by atoms with Crippen molar-refractivity contribution in [3.63, 3.8) is 0 Å². The van der Waals surface area contributed by atoms with Crippen molar-refractivity contribution in [1.29, 1.82) is 0 Å². The minimum absolute atomic E-state index is 0.0829. The number of nitrogens with zero attached hydrogens (tertiary/aromatic N) is 4. The predicted molar refractivity (Wildman–Crippen MR) is 80.8 cm³/mol. The SMILES string of the molecule is Cc1noc(C[C@@H]2C[C@H]3CN(C(=O)c4cccn4C)C[C@H]3O2)n1. The summed E-state index contributed by atoms with van der Waals surface area (Å²) in [6.07, 6.45) is 3.71. The predicted octanol–water partition coefficient (Wildman–Crippen LogP) is 1.19. The fourth-order valence-electron chi connectivity index (χ4n) is 3.62. The molecule has 2 aromatic rings. The summed E-state index contributed by atoms with van der Waals surface area (Å²) >= 11 is 0. The number of carbonyl (C=O) groups excluding carboxylic acids is 1. The first-order valence-corrected chi connectivity index (χ1v) is 7.95. The third kappa shape index (κ3) is 2.65. The zero-order chi connectivity index (χ0) is 16.0. The van der Waals surface area contributed by atoms with Gasteiger partial charge in [0.15, 0.2) is 5.82 Å². The van der Waals surface area contributed by atoms with E-state index in [1.165, 1.54) is 0 Å². The van der Waals surface area contributed by atoms with Crippen LogP contribution in [0, 0.1) is 12.8 Å². The highest BCUT2D eigenvalue weighted by Crippen LogP contribution is 2.34. The average Bonchev–Trinajstić information content (AvgIpc) is 3.23. The first-order chi connectivity index (χ1) is 11.1. The molecule has 0 saturated carbocycles. The summed E-state index contributed by atoms with van der Waals surface area (Å²) in [6, 6.07) is 3.75. The molecular weight excluding hydrogens is 296 g/mol. The van der Waals surface area contributed by atoms with E-state index in [1.54, 1.807) is 0 Å². The molecule has 0 bridgehead atoms. The standard InChI is InChI=1S/C16H20N4O3/c1-10-17-15(23-18-10)7-12-6-11-8-20(9-14(11)22-12)16(21)13-4-3-5-19(13)2/h3-5,11-12,14H,6-9H2,1-2H3/t11-,12-,14+/m0/s1. The van der Waals surface area contributed by atoms with Gasteiger partial charge in [-0.3, -0.25) is 4.79 Å². The first-order valence-electron chi connectivity index (χ1n) is 7.95. The molecule has 0 radical (unpaired) electrons. The molecule has 3 atom stereocenters. The van der Waals surface area contributed by atoms with Crippen molar-refractivity contribution in [2.24, 2.45) is 13.0 Å². The molecule has 1 amide bonds. The summed E-state index contributed by atoms with van der Waals surface area (Å²) in [5.74, 6) is 1.76. The molecule has 2 aliphatic rings. The maximum Gasteiger partial charge on any atom is 0.270 e. The van der Waals surface area contributed by atoms with Crippen molar-refractivity contribution in [1.82, 2.24) is 19.6 Å². The Morgan fingerprint density at radius 3 is 2.96 bits per heavy atom. The first kappa shape index (κ1) is 14.4. The summed E-state index contributed by atoms with van der Waals surface area (Å²) in [6.45, 7) is 3.23. The van der Waals surface area contributed by atoms with E-state index in [1.807, 2.05) is 41.8 Å². The van der Waals surface area contributed by atoms with Crippen molar-refractivity contribution in [3.05, 3.63) is 35.7 Å². The van der Waals surface area contributed by atoms with E-state index in [2.05, 4.69) is 10.1 Å². The van der Waals surface area contributed by atoms with Gasteiger partial charge in [-0.15, -0.1) is 0 Å². The fraction of sp³-hybridized carbons (Fsp3) is 0.562. The van der Waals surface area contributed by atoms with E-state index in [0.717, 1.165) is 18.7 Å². The van der Waals surface area contributed by atoms with Crippen molar-refractivity contribution in [2.75, 3.05) is 13.1 Å². The number of fused-ring (bicyclic) bond motifs is 1. The molecule has 2 aromatic heterocycles. The molecule has 0 aromatic carbocycles. The Morgan fingerprint density at radius 1 is 1.43 bits per heavy atom. The normalized spacial score (nSPS) is 26.7. The minimum atomic E-state index is 0.0829. The maximum absolute atomic E-state index is 12.6. The number of likely N-dealkylation sites (tertiary alicyclic amines) is 1. The molecule has 4 heterocycles. The third-order valence-corrected chi connectivity index (χ3v) is 4.74. The van der Waals surface area contributed by atoms with Gasteiger partial charge < -0.3 is 18.7 Å². The minimum Gasteiger partial charge on any atom is -0.372 e. The number of rotatable bonds is 3. The van der Waals surface area contributed by atoms with Crippen LogP contribution >= 0.6 is 0 Å². The van der Waals surface area contributed by atoms with Crippen LogP contribution in [-0.2, 0) is 18.2 Å². The number of amides is 1. The van der Waals surface area contributed by atoms with Gasteiger partial charge >= 0.3 is 0 Å². The quantitative estimate of drug-likeness (QED) is 0.850. The van der Waals surface area contributed by atoms with Gasteiger partial charge in [0, 0.05) is 32.3 Å². The number of hydrogen-bond donors (Lipinski definition) is 0. The van der Waals surface area contributed by atoms with E-state index in [9.17, 15) is 4.79 Å². The van der Waals surface area contributed by atoms with Crippen LogP contribution in [0.5, 0.6) is 0 Å². The van der Waals surface area contributed by atoms with Gasteiger partial charge in [0.05, 0.1) is 18.6 Å². The third-order valence-electron chi connectivity index (χ3n) is 4.74. The Kier molecular flexibility index (Phi) is 3.45. The van der Waals surface area contributed by atoms with Gasteiger partial charge in [-0.25, -0.2) is 0 Å². The number of aromatic nitrogens is 3. The summed E-state index contributed by atoms with van der Waals surface area (Å²) in [5, 5.41) is 3.81. The van der Waals surface area contributed by atoms with Crippen LogP contribution in [0.4, 0.5) is 0 Å². The second-order valence-corrected chi connectivity index (χ2v) is 6.45. The highest BCUT2D eigenvalue weighted by molar-refractivity contribution is 5.93. The molecule has 7 heteroatoms. The summed E-state index contributed by atoms with van der Waals surface area (Å²) in [4.78, 5) is 18.7. The van der Waals surface area contributed by atoms with E-state index < -0.39 is 0 Å². The lowest BCUT2D eigenvalue weighted by Gasteiger charge is -2.19. The monoisotopic (exact) mass is 316 g/mol. The Hall–Kier alpha value is -2.15. The lowest BCUT2D eigenvalue weighted by molar-refractivity contribution is 0.0328. The zero-order valence-corrected chi connectivity index (χ0v) is 13.3. The van der Waals surface area contributed by atoms with Crippen LogP contribution in [0.2, 0.25) is 0 Å². The summed E-state index contributed by atoms with van der Waals surface area (Å²) in [7, 11) is 1.89. The van der Waals surface area contributed by atoms with Gasteiger partial charge in [0.2, 0.25) is 5.89 Å². The van der Waals surface area contributed by atoms with Gasteiger partial charge in [0.25, 0.3) is 5.91 Å². The highest BCUT2D eigenvalue weighted by atomic mass is 16.5. The van der Waals surface area contributed by atoms with Gasteiger partial charge in [-0.1, -0.05) is 5.16 Å². The van der Waals surface area contributed by atoms with Gasteiger partial charge in [0.1, 0.15) is 5.69 Å². The molecule has 7 nitrogen and oxygen atoms in total. The smallest absolute Gasteiger partial charge is 0.270 e. The Labute approximate surface area is 134 Å². The van der Waals surface area contributed by atoms with Crippen LogP contribution in [-0.4, -0.2) is 50.8 Å². The summed E-state index contributed by atoms with van der Waals surface area (Å²) in [5.41, 5.74) is 0.725. The molecular formula is C16H20N4O3. The summed E-state index contributed by atoms with van der Waals surface area (Å²) < 4.78 is 13.1. The van der Waals surface area contributed by atoms with Crippen molar-refractivity contribution in [2.45, 2.75) is 32.0 Å². The topological polar surface area (TPSA) is 73.4 Å². The van der Waals surface area contributed by atoms with Crippen molar-refractivity contribution >= 4 is 5.91 Å². The van der Waals surface area contributed by atoms with Crippen LogP contribution in [0.15, 0.2) is 22.9 Å². The van der Waals surface area contributed by atoms with Crippen molar-refractivity contribution < 1.29 is 14.1 Å². The number of hydrogen-bond acceptors (Lipinski definition) is 5. The Balaban J connectivity index is 1.36. The van der Waals surface area contributed by atoms with E-state index in [4.69, 9.17) is 9.26 Å². The highest BCUT2D eigenvalue weighted by Gasteiger charge is 2.44. The van der Waals surface area contributed by atoms with Crippen molar-refractivity contribution in [3.8, 4) is 0 Å². The Morgan fingerprint density at radius 2 is 2.30 bits per heavy atom. The van der Waals surface area contributed by atoms with Gasteiger partial charge in [-0.05, 0) is 25.5 Å². The fourth-order valence-corrected chi connectivity index (χ4v) is 3.62. The maximum atomic E-state index is 12.6. The van der Waals surface area contributed by atoms with Gasteiger partial charge in [-0.2, -0.15) is 4.98 Å². The Bertz CT molecular complexity index is 708. The van der Waals surface area contributed by atoms with Crippen LogP contribution in [0.3, 0.4) is 0 Å². The number of aryl methyl sites for hydroxylation is 2. The van der Waals surface area contributed by atoms with E-state index in [-0.39, 0.29) is 18.1 Å². The largest absolute Gasteiger partial charge is 0.372 e. The number of ether oxygens (including phenoxy) is 1. The molecule has 0 N–H and O–H groups in total. The molecule has 2 fully saturated rings. The molecule has 4 rings (SSSR count). The van der Waals surface area contributed by atoms with Crippen LogP contribution < -0.4 is 0 Å². The zero-order valence-electron chi connectivity index (χ0n) is 13.3.